The Morgan fingerprint density at radius 1 is 1.23 bits per heavy atom. The summed E-state index contributed by atoms with van der Waals surface area (Å²) in [6.45, 7) is 0.0729. The molecular formula is C18H14Br2N2O4. The lowest BCUT2D eigenvalue weighted by atomic mass is 10.1. The van der Waals surface area contributed by atoms with E-state index in [1.807, 2.05) is 41.1 Å². The van der Waals surface area contributed by atoms with Gasteiger partial charge in [0.1, 0.15) is 0 Å². The van der Waals surface area contributed by atoms with Gasteiger partial charge in [0, 0.05) is 23.1 Å². The summed E-state index contributed by atoms with van der Waals surface area (Å²) in [4.78, 5) is 23.2. The number of ketones is 1. The molecule has 0 atom stereocenters. The van der Waals surface area contributed by atoms with Crippen molar-refractivity contribution in [3.63, 3.8) is 0 Å². The Hall–Kier alpha value is -2.32. The third-order valence-electron chi connectivity index (χ3n) is 3.83. The Morgan fingerprint density at radius 3 is 2.65 bits per heavy atom. The van der Waals surface area contributed by atoms with E-state index in [9.17, 15) is 14.9 Å². The molecule has 0 aliphatic rings. The van der Waals surface area contributed by atoms with Gasteiger partial charge in [-0.05, 0) is 40.2 Å². The van der Waals surface area contributed by atoms with Gasteiger partial charge in [-0.2, -0.15) is 4.57 Å². The number of pyridine rings is 1. The number of ether oxygens (including phenoxy) is 1. The third-order valence-corrected chi connectivity index (χ3v) is 4.26. The number of carbonyl (C=O) groups is 1. The van der Waals surface area contributed by atoms with Crippen molar-refractivity contribution < 1.29 is 36.0 Å². The lowest BCUT2D eigenvalue weighted by Crippen LogP contribution is -3.00. The molecule has 3 aromatic rings. The first kappa shape index (κ1) is 20.0. The maximum Gasteiger partial charge on any atom is 0.311 e. The highest BCUT2D eigenvalue weighted by atomic mass is 79.9. The number of rotatable bonds is 5. The summed E-state index contributed by atoms with van der Waals surface area (Å²) in [5, 5.41) is 12.1. The van der Waals surface area contributed by atoms with Gasteiger partial charge in [-0.1, -0.05) is 12.1 Å². The van der Waals surface area contributed by atoms with Crippen LogP contribution in [0.5, 0.6) is 5.75 Å². The highest BCUT2D eigenvalue weighted by Crippen LogP contribution is 2.27. The zero-order valence-corrected chi connectivity index (χ0v) is 16.9. The van der Waals surface area contributed by atoms with Crippen LogP contribution in [0.2, 0.25) is 0 Å². The van der Waals surface area contributed by atoms with Crippen LogP contribution in [0.4, 0.5) is 5.69 Å². The van der Waals surface area contributed by atoms with Crippen LogP contribution in [0.3, 0.4) is 0 Å². The molecule has 2 aromatic carbocycles. The summed E-state index contributed by atoms with van der Waals surface area (Å²) in [5.74, 6) is -0.0962. The Labute approximate surface area is 168 Å². The molecule has 26 heavy (non-hydrogen) atoms. The van der Waals surface area contributed by atoms with Gasteiger partial charge in [-0.25, -0.2) is 0 Å². The number of Topliss-reactive ketones (excluding diaryl/α,β-unsaturated/α-hetero) is 1. The van der Waals surface area contributed by atoms with E-state index in [1.165, 1.54) is 25.3 Å². The molecule has 0 radical (unpaired) electrons. The number of methoxy groups -OCH3 is 1. The maximum atomic E-state index is 12.6. The van der Waals surface area contributed by atoms with Gasteiger partial charge in [0.25, 0.3) is 0 Å². The van der Waals surface area contributed by atoms with Gasteiger partial charge < -0.3 is 21.7 Å². The zero-order chi connectivity index (χ0) is 18.0. The Bertz CT molecular complexity index is 992. The van der Waals surface area contributed by atoms with Crippen LogP contribution in [0.15, 0.2) is 59.2 Å². The largest absolute Gasteiger partial charge is 1.00 e. The van der Waals surface area contributed by atoms with E-state index in [0.717, 1.165) is 15.4 Å². The van der Waals surface area contributed by atoms with Crippen molar-refractivity contribution in [2.75, 3.05) is 7.11 Å². The second-order valence-electron chi connectivity index (χ2n) is 5.41. The predicted octanol–water partition coefficient (Wildman–Crippen LogP) is 0.694. The number of hydrogen-bond acceptors (Lipinski definition) is 4. The SMILES string of the molecule is COc1ccc(C(=O)C[n+]2cc(Br)cc3ccccc32)cc1[N+](=O)[O-].[Br-]. The minimum absolute atomic E-state index is 0. The molecule has 0 unspecified atom stereocenters. The second kappa shape index (κ2) is 8.37. The van der Waals surface area contributed by atoms with E-state index in [0.29, 0.717) is 0 Å². The van der Waals surface area contributed by atoms with Crippen molar-refractivity contribution in [3.05, 3.63) is 74.9 Å². The van der Waals surface area contributed by atoms with Crippen LogP contribution in [-0.2, 0) is 6.54 Å². The van der Waals surface area contributed by atoms with Crippen LogP contribution in [0.25, 0.3) is 10.9 Å². The Kier molecular flexibility index (Phi) is 6.44. The van der Waals surface area contributed by atoms with Crippen LogP contribution >= 0.6 is 15.9 Å². The quantitative estimate of drug-likeness (QED) is 0.232. The molecule has 0 bridgehead atoms. The smallest absolute Gasteiger partial charge is 0.311 e. The molecule has 0 saturated carbocycles. The number of halogens is 2. The Balaban J connectivity index is 0.00000243. The van der Waals surface area contributed by atoms with E-state index < -0.39 is 4.92 Å². The molecule has 3 rings (SSSR count). The lowest BCUT2D eigenvalue weighted by Gasteiger charge is -2.05. The number of aromatic nitrogens is 1. The standard InChI is InChI=1S/C18H14BrN2O4.BrH/c1-25-18-7-6-13(9-16(18)21(23)24)17(22)11-20-10-14(19)8-12-4-2-3-5-15(12)20;/h2-10H,11H2,1H3;1H/q+1;/p-1. The fourth-order valence-electron chi connectivity index (χ4n) is 2.66. The van der Waals surface area contributed by atoms with E-state index in [4.69, 9.17) is 4.74 Å². The number of nitrogens with zero attached hydrogens (tertiary/aromatic N) is 2. The second-order valence-corrected chi connectivity index (χ2v) is 6.33. The minimum atomic E-state index is -0.558. The van der Waals surface area contributed by atoms with Crippen LogP contribution in [0.1, 0.15) is 10.4 Å². The predicted molar refractivity (Wildman–Crippen MR) is 95.8 cm³/mol. The van der Waals surface area contributed by atoms with Crippen molar-refractivity contribution in [1.82, 2.24) is 0 Å². The van der Waals surface area contributed by atoms with Crippen LogP contribution in [-0.4, -0.2) is 17.8 Å². The summed E-state index contributed by atoms with van der Waals surface area (Å²) in [5.41, 5.74) is 0.948. The minimum Gasteiger partial charge on any atom is -1.00 e. The van der Waals surface area contributed by atoms with Crippen molar-refractivity contribution in [1.29, 1.82) is 0 Å². The molecule has 134 valence electrons. The summed E-state index contributed by atoms with van der Waals surface area (Å²) >= 11 is 3.44. The molecule has 8 heteroatoms. The molecule has 6 nitrogen and oxygen atoms in total. The lowest BCUT2D eigenvalue weighted by molar-refractivity contribution is -0.657. The first-order valence-electron chi connectivity index (χ1n) is 7.43. The van der Waals surface area contributed by atoms with Crippen LogP contribution in [0, 0.1) is 10.1 Å². The molecule has 1 aromatic heterocycles. The topological polar surface area (TPSA) is 73.3 Å². The molecule has 0 fully saturated rings. The van der Waals surface area contributed by atoms with E-state index in [2.05, 4.69) is 15.9 Å². The highest BCUT2D eigenvalue weighted by Gasteiger charge is 2.21. The zero-order valence-electron chi connectivity index (χ0n) is 13.7. The number of carbonyl (C=O) groups excluding carboxylic acids is 1. The van der Waals surface area contributed by atoms with Gasteiger partial charge in [-0.15, -0.1) is 0 Å². The summed E-state index contributed by atoms with van der Waals surface area (Å²) in [6.07, 6.45) is 1.82. The van der Waals surface area contributed by atoms with E-state index in [1.54, 1.807) is 0 Å². The van der Waals surface area contributed by atoms with E-state index >= 15 is 0 Å². The fraction of sp³-hybridized carbons (Fsp3) is 0.111. The number of hydrogen-bond donors (Lipinski definition) is 0. The summed E-state index contributed by atoms with van der Waals surface area (Å²) in [7, 11) is 1.35. The first-order valence-corrected chi connectivity index (χ1v) is 8.22. The molecule has 0 saturated heterocycles. The molecule has 1 heterocycles. The Morgan fingerprint density at radius 2 is 1.96 bits per heavy atom. The molecule has 0 spiro atoms. The number of fused-ring (bicyclic) bond motifs is 1. The van der Waals surface area contributed by atoms with Gasteiger partial charge >= 0.3 is 5.69 Å². The molecular weight excluding hydrogens is 468 g/mol. The normalized spacial score (nSPS) is 10.2. The van der Waals surface area contributed by atoms with E-state index in [-0.39, 0.29) is 46.3 Å². The average molecular weight is 482 g/mol. The molecule has 0 aliphatic carbocycles. The van der Waals surface area contributed by atoms with Crippen molar-refractivity contribution >= 4 is 38.3 Å². The summed E-state index contributed by atoms with van der Waals surface area (Å²) in [6, 6.07) is 13.9. The maximum absolute atomic E-state index is 12.6. The fourth-order valence-corrected chi connectivity index (χ4v) is 3.15. The number of nitro benzene ring substituents is 1. The number of nitro groups is 1. The molecule has 0 N–H and O–H groups in total. The van der Waals surface area contributed by atoms with Crippen molar-refractivity contribution in [2.24, 2.45) is 0 Å². The van der Waals surface area contributed by atoms with Crippen molar-refractivity contribution in [3.8, 4) is 5.75 Å². The first-order chi connectivity index (χ1) is 12.0. The van der Waals surface area contributed by atoms with Gasteiger partial charge in [-0.3, -0.25) is 14.9 Å². The third kappa shape index (κ3) is 4.08. The van der Waals surface area contributed by atoms with Gasteiger partial charge in [0.05, 0.1) is 16.5 Å². The highest BCUT2D eigenvalue weighted by molar-refractivity contribution is 9.10. The van der Waals surface area contributed by atoms with Gasteiger partial charge in [0.15, 0.2) is 11.9 Å². The monoisotopic (exact) mass is 480 g/mol. The molecule has 0 aliphatic heterocycles. The van der Waals surface area contributed by atoms with Gasteiger partial charge in [0.2, 0.25) is 17.8 Å². The number of benzene rings is 2. The summed E-state index contributed by atoms with van der Waals surface area (Å²) < 4.78 is 7.63. The average Bonchev–Trinajstić information content (AvgIpc) is 2.60. The van der Waals surface area contributed by atoms with Crippen molar-refractivity contribution in [2.45, 2.75) is 6.54 Å². The van der Waals surface area contributed by atoms with Crippen LogP contribution < -0.4 is 26.3 Å². The number of para-hydroxylation sites is 1. The molecule has 0 amide bonds.